The number of benzene rings is 1. The zero-order chi connectivity index (χ0) is 17.1. The summed E-state index contributed by atoms with van der Waals surface area (Å²) >= 11 is 11.8. The summed E-state index contributed by atoms with van der Waals surface area (Å²) in [6.07, 6.45) is 3.40. The summed E-state index contributed by atoms with van der Waals surface area (Å²) in [5.41, 5.74) is 0.923. The van der Waals surface area contributed by atoms with E-state index in [9.17, 15) is 4.79 Å². The molecule has 0 saturated carbocycles. The molecule has 2 rings (SSSR count). The topological polar surface area (TPSA) is 90.5 Å². The fraction of sp³-hybridized carbons (Fsp3) is 0.467. The van der Waals surface area contributed by atoms with Gasteiger partial charge < -0.3 is 21.1 Å². The summed E-state index contributed by atoms with van der Waals surface area (Å²) < 4.78 is 0. The highest BCUT2D eigenvalue weighted by Gasteiger charge is 2.13. The first-order valence-electron chi connectivity index (χ1n) is 7.33. The van der Waals surface area contributed by atoms with Gasteiger partial charge >= 0.3 is 6.03 Å². The van der Waals surface area contributed by atoms with Crippen molar-refractivity contribution in [3.8, 4) is 0 Å². The largest absolute Gasteiger partial charge is 0.483 e. The number of carbonyl (C=O) groups excluding carboxylic acids is 1. The van der Waals surface area contributed by atoms with Crippen molar-refractivity contribution in [2.45, 2.75) is 31.8 Å². The average molecular weight is 362 g/mol. The number of hydrogen-bond acceptors (Lipinski definition) is 3. The lowest BCUT2D eigenvalue weighted by atomic mass is 10.1. The number of amides is 2. The van der Waals surface area contributed by atoms with Gasteiger partial charge in [-0.2, -0.15) is 0 Å². The molecule has 2 amide bonds. The molecule has 0 unspecified atom stereocenters. The van der Waals surface area contributed by atoms with E-state index in [4.69, 9.17) is 33.1 Å². The third kappa shape index (κ3) is 8.06. The summed E-state index contributed by atoms with van der Waals surface area (Å²) in [5, 5.41) is 17.0. The van der Waals surface area contributed by atoms with E-state index in [1.165, 1.54) is 12.8 Å². The molecule has 1 aliphatic heterocycles. The molecule has 1 fully saturated rings. The van der Waals surface area contributed by atoms with Crippen LogP contribution in [-0.2, 0) is 11.3 Å². The smallest absolute Gasteiger partial charge is 0.315 e. The average Bonchev–Trinajstić information content (AvgIpc) is 3.03. The standard InChI is InChI=1S/C14H19Cl2N3O.CH2O2/c15-12-4-3-10(8-13(12)16)9-19-14(20)18-7-5-11-2-1-6-17-11;2-1-3/h3-4,8,11,17H,1-2,5-7,9H2,(H2,18,19,20);1H,(H,2,3)/t11-;/m0./s1. The summed E-state index contributed by atoms with van der Waals surface area (Å²) in [4.78, 5) is 20.0. The SMILES string of the molecule is O=C(NCC[C@@H]1CCCN1)NCc1ccc(Cl)c(Cl)c1.O=CO. The lowest BCUT2D eigenvalue weighted by molar-refractivity contribution is -0.122. The van der Waals surface area contributed by atoms with Crippen LogP contribution >= 0.6 is 23.2 Å². The summed E-state index contributed by atoms with van der Waals surface area (Å²) in [6, 6.07) is 5.72. The van der Waals surface area contributed by atoms with Gasteiger partial charge in [0.2, 0.25) is 0 Å². The Morgan fingerprint density at radius 3 is 2.70 bits per heavy atom. The van der Waals surface area contributed by atoms with Crippen LogP contribution in [0.1, 0.15) is 24.8 Å². The predicted octanol–water partition coefficient (Wildman–Crippen LogP) is 2.64. The fourth-order valence-electron chi connectivity index (χ4n) is 2.26. The van der Waals surface area contributed by atoms with Crippen molar-refractivity contribution in [1.82, 2.24) is 16.0 Å². The monoisotopic (exact) mass is 361 g/mol. The molecule has 0 spiro atoms. The molecule has 1 aromatic rings. The van der Waals surface area contributed by atoms with Crippen molar-refractivity contribution < 1.29 is 14.7 Å². The molecule has 0 aromatic heterocycles. The zero-order valence-corrected chi connectivity index (χ0v) is 14.2. The van der Waals surface area contributed by atoms with Gasteiger partial charge in [-0.15, -0.1) is 0 Å². The Kier molecular flexibility index (Phi) is 9.43. The summed E-state index contributed by atoms with van der Waals surface area (Å²) in [5.74, 6) is 0. The minimum Gasteiger partial charge on any atom is -0.483 e. The second kappa shape index (κ2) is 11.1. The van der Waals surface area contributed by atoms with Crippen molar-refractivity contribution in [3.05, 3.63) is 33.8 Å². The van der Waals surface area contributed by atoms with Crippen LogP contribution in [0.15, 0.2) is 18.2 Å². The van der Waals surface area contributed by atoms with Gasteiger partial charge in [0.05, 0.1) is 10.0 Å². The highest BCUT2D eigenvalue weighted by atomic mass is 35.5. The van der Waals surface area contributed by atoms with Gasteiger partial charge in [-0.3, -0.25) is 4.79 Å². The van der Waals surface area contributed by atoms with Crippen molar-refractivity contribution in [2.24, 2.45) is 0 Å². The third-order valence-electron chi connectivity index (χ3n) is 3.38. The highest BCUT2D eigenvalue weighted by Crippen LogP contribution is 2.22. The van der Waals surface area contributed by atoms with Crippen LogP contribution in [0.3, 0.4) is 0 Å². The first kappa shape index (κ1) is 19.5. The van der Waals surface area contributed by atoms with Crippen LogP contribution in [0, 0.1) is 0 Å². The number of halogens is 2. The lowest BCUT2D eigenvalue weighted by Gasteiger charge is -2.11. The zero-order valence-electron chi connectivity index (χ0n) is 12.6. The molecule has 128 valence electrons. The van der Waals surface area contributed by atoms with E-state index in [1.807, 2.05) is 6.07 Å². The third-order valence-corrected chi connectivity index (χ3v) is 4.12. The van der Waals surface area contributed by atoms with Crippen LogP contribution in [0.5, 0.6) is 0 Å². The van der Waals surface area contributed by atoms with E-state index in [2.05, 4.69) is 16.0 Å². The van der Waals surface area contributed by atoms with Crippen molar-refractivity contribution in [2.75, 3.05) is 13.1 Å². The van der Waals surface area contributed by atoms with E-state index in [-0.39, 0.29) is 12.5 Å². The Labute approximate surface area is 145 Å². The second-order valence-corrected chi connectivity index (χ2v) is 5.86. The fourth-order valence-corrected chi connectivity index (χ4v) is 2.58. The summed E-state index contributed by atoms with van der Waals surface area (Å²) in [6.45, 7) is 1.96. The van der Waals surface area contributed by atoms with Gasteiger partial charge in [0, 0.05) is 19.1 Å². The maximum absolute atomic E-state index is 11.6. The van der Waals surface area contributed by atoms with Crippen molar-refractivity contribution >= 4 is 35.7 Å². The Hall–Kier alpha value is -1.50. The van der Waals surface area contributed by atoms with E-state index in [0.29, 0.717) is 29.2 Å². The van der Waals surface area contributed by atoms with Crippen LogP contribution in [0.25, 0.3) is 0 Å². The lowest BCUT2D eigenvalue weighted by Crippen LogP contribution is -2.37. The van der Waals surface area contributed by atoms with Gasteiger partial charge in [0.15, 0.2) is 0 Å². The van der Waals surface area contributed by atoms with Crippen molar-refractivity contribution in [3.63, 3.8) is 0 Å². The van der Waals surface area contributed by atoms with Crippen LogP contribution in [0.2, 0.25) is 10.0 Å². The molecule has 8 heteroatoms. The van der Waals surface area contributed by atoms with E-state index >= 15 is 0 Å². The van der Waals surface area contributed by atoms with Gasteiger partial charge in [0.1, 0.15) is 0 Å². The molecule has 0 radical (unpaired) electrons. The maximum Gasteiger partial charge on any atom is 0.315 e. The number of nitrogens with one attached hydrogen (secondary N) is 3. The Morgan fingerprint density at radius 2 is 2.09 bits per heavy atom. The molecule has 6 nitrogen and oxygen atoms in total. The summed E-state index contributed by atoms with van der Waals surface area (Å²) in [7, 11) is 0. The molecular weight excluding hydrogens is 341 g/mol. The molecule has 1 heterocycles. The highest BCUT2D eigenvalue weighted by molar-refractivity contribution is 6.42. The second-order valence-electron chi connectivity index (χ2n) is 5.05. The van der Waals surface area contributed by atoms with Gasteiger partial charge in [-0.1, -0.05) is 29.3 Å². The van der Waals surface area contributed by atoms with Crippen LogP contribution < -0.4 is 16.0 Å². The van der Waals surface area contributed by atoms with Gasteiger partial charge in [-0.25, -0.2) is 4.79 Å². The van der Waals surface area contributed by atoms with Crippen molar-refractivity contribution in [1.29, 1.82) is 0 Å². The normalized spacial score (nSPS) is 16.2. The quantitative estimate of drug-likeness (QED) is 0.606. The predicted molar refractivity (Wildman–Crippen MR) is 91.0 cm³/mol. The van der Waals surface area contributed by atoms with Crippen LogP contribution in [0.4, 0.5) is 4.79 Å². The molecule has 1 atom stereocenters. The van der Waals surface area contributed by atoms with Gasteiger partial charge in [0.25, 0.3) is 6.47 Å². The molecule has 23 heavy (non-hydrogen) atoms. The molecule has 1 aliphatic rings. The maximum atomic E-state index is 11.6. The molecule has 4 N–H and O–H groups in total. The number of carboxylic acid groups (broad SMARTS) is 1. The van der Waals surface area contributed by atoms with Crippen LogP contribution in [-0.4, -0.2) is 36.7 Å². The number of rotatable bonds is 5. The molecular formula is C15H21Cl2N3O3. The van der Waals surface area contributed by atoms with E-state index in [0.717, 1.165) is 18.5 Å². The minimum atomic E-state index is -0.250. The first-order chi connectivity index (χ1) is 11.1. The number of hydrogen-bond donors (Lipinski definition) is 4. The molecule has 1 saturated heterocycles. The van der Waals surface area contributed by atoms with Gasteiger partial charge in [-0.05, 0) is 43.5 Å². The number of urea groups is 1. The Morgan fingerprint density at radius 1 is 1.35 bits per heavy atom. The number of carbonyl (C=O) groups is 2. The molecule has 1 aromatic carbocycles. The first-order valence-corrected chi connectivity index (χ1v) is 8.09. The molecule has 0 aliphatic carbocycles. The Bertz CT molecular complexity index is 509. The Balaban J connectivity index is 0.000000816. The van der Waals surface area contributed by atoms with E-state index in [1.54, 1.807) is 12.1 Å². The molecule has 0 bridgehead atoms. The van der Waals surface area contributed by atoms with E-state index < -0.39 is 0 Å². The minimum absolute atomic E-state index is 0.158.